The van der Waals surface area contributed by atoms with Crippen LogP contribution in [0.15, 0.2) is 0 Å². The van der Waals surface area contributed by atoms with Crippen LogP contribution in [0, 0.1) is 5.41 Å². The molecule has 2 saturated heterocycles. The standard InChI is InChI=1S/C15H24N2O2/c18-13(16-9-3-1-4-10-16)15(7-8-15)14(19)17-11-5-2-6-12-17/h1-12H2. The van der Waals surface area contributed by atoms with E-state index in [0.717, 1.165) is 64.7 Å². The molecule has 2 aliphatic heterocycles. The minimum absolute atomic E-state index is 0.128. The third-order valence-corrected chi connectivity index (χ3v) is 4.86. The maximum Gasteiger partial charge on any atom is 0.238 e. The van der Waals surface area contributed by atoms with Crippen molar-refractivity contribution in [1.29, 1.82) is 0 Å². The summed E-state index contributed by atoms with van der Waals surface area (Å²) in [6.07, 6.45) is 8.38. The van der Waals surface area contributed by atoms with E-state index >= 15 is 0 Å². The second-order valence-electron chi connectivity index (χ2n) is 6.29. The molecule has 0 aromatic heterocycles. The monoisotopic (exact) mass is 264 g/mol. The topological polar surface area (TPSA) is 40.6 Å². The van der Waals surface area contributed by atoms with E-state index in [1.54, 1.807) is 0 Å². The lowest BCUT2D eigenvalue weighted by Crippen LogP contribution is -2.49. The van der Waals surface area contributed by atoms with Gasteiger partial charge in [-0.3, -0.25) is 9.59 Å². The van der Waals surface area contributed by atoms with Gasteiger partial charge in [-0.1, -0.05) is 0 Å². The molecule has 3 aliphatic rings. The molecule has 3 fully saturated rings. The van der Waals surface area contributed by atoms with Crippen molar-refractivity contribution in [2.45, 2.75) is 51.4 Å². The molecule has 0 aromatic rings. The molecule has 2 amide bonds. The SMILES string of the molecule is O=C(N1CCCCC1)C1(C(=O)N2CCCCC2)CC1. The highest BCUT2D eigenvalue weighted by molar-refractivity contribution is 6.07. The Morgan fingerprint density at radius 3 is 1.32 bits per heavy atom. The highest BCUT2D eigenvalue weighted by Gasteiger charge is 2.59. The Balaban J connectivity index is 1.67. The van der Waals surface area contributed by atoms with Gasteiger partial charge in [-0.25, -0.2) is 0 Å². The normalized spacial score (nSPS) is 26.1. The fourth-order valence-electron chi connectivity index (χ4n) is 3.44. The number of carbonyl (C=O) groups is 2. The maximum atomic E-state index is 12.6. The molecule has 0 N–H and O–H groups in total. The first-order chi connectivity index (χ1) is 9.24. The number of hydrogen-bond acceptors (Lipinski definition) is 2. The van der Waals surface area contributed by atoms with Gasteiger partial charge in [0, 0.05) is 26.2 Å². The van der Waals surface area contributed by atoms with Crippen molar-refractivity contribution in [3.05, 3.63) is 0 Å². The Morgan fingerprint density at radius 2 is 1.00 bits per heavy atom. The minimum Gasteiger partial charge on any atom is -0.342 e. The molecule has 0 aromatic carbocycles. The van der Waals surface area contributed by atoms with Crippen LogP contribution < -0.4 is 0 Å². The van der Waals surface area contributed by atoms with Crippen molar-refractivity contribution in [1.82, 2.24) is 9.80 Å². The summed E-state index contributed by atoms with van der Waals surface area (Å²) in [7, 11) is 0. The second-order valence-corrected chi connectivity index (χ2v) is 6.29. The summed E-state index contributed by atoms with van der Waals surface area (Å²) >= 11 is 0. The average Bonchev–Trinajstić information content (AvgIpc) is 3.29. The van der Waals surface area contributed by atoms with Gasteiger partial charge in [0.2, 0.25) is 11.8 Å². The lowest BCUT2D eigenvalue weighted by molar-refractivity contribution is -0.150. The van der Waals surface area contributed by atoms with E-state index in [-0.39, 0.29) is 11.8 Å². The molecule has 4 heteroatoms. The quantitative estimate of drug-likeness (QED) is 0.713. The molecule has 3 rings (SSSR count). The number of piperidine rings is 2. The molecule has 106 valence electrons. The maximum absolute atomic E-state index is 12.6. The first-order valence-corrected chi connectivity index (χ1v) is 7.83. The zero-order valence-electron chi connectivity index (χ0n) is 11.7. The van der Waals surface area contributed by atoms with Gasteiger partial charge >= 0.3 is 0 Å². The van der Waals surface area contributed by atoms with E-state index < -0.39 is 5.41 Å². The molecule has 0 spiro atoms. The number of nitrogens with zero attached hydrogens (tertiary/aromatic N) is 2. The summed E-state index contributed by atoms with van der Waals surface area (Å²) in [5, 5.41) is 0. The molecule has 1 saturated carbocycles. The van der Waals surface area contributed by atoms with Gasteiger partial charge < -0.3 is 9.80 Å². The Hall–Kier alpha value is -1.06. The Bertz CT molecular complexity index is 332. The number of likely N-dealkylation sites (tertiary alicyclic amines) is 2. The Labute approximate surface area is 115 Å². The average molecular weight is 264 g/mol. The first kappa shape index (κ1) is 12.9. The van der Waals surface area contributed by atoms with Gasteiger partial charge in [-0.2, -0.15) is 0 Å². The van der Waals surface area contributed by atoms with Crippen LogP contribution in [-0.2, 0) is 9.59 Å². The summed E-state index contributed by atoms with van der Waals surface area (Å²) in [6.45, 7) is 3.42. The molecule has 4 nitrogen and oxygen atoms in total. The fraction of sp³-hybridized carbons (Fsp3) is 0.867. The summed E-state index contributed by atoms with van der Waals surface area (Å²) in [5.41, 5.74) is -0.644. The third kappa shape index (κ3) is 2.37. The molecule has 19 heavy (non-hydrogen) atoms. The summed E-state index contributed by atoms with van der Waals surface area (Å²) < 4.78 is 0. The predicted molar refractivity (Wildman–Crippen MR) is 72.5 cm³/mol. The number of carbonyl (C=O) groups excluding carboxylic acids is 2. The van der Waals surface area contributed by atoms with Crippen molar-refractivity contribution in [2.75, 3.05) is 26.2 Å². The molecule has 0 bridgehead atoms. The lowest BCUT2D eigenvalue weighted by Gasteiger charge is -2.34. The molecule has 0 radical (unpaired) electrons. The Kier molecular flexibility index (Phi) is 3.50. The summed E-state index contributed by atoms with van der Waals surface area (Å²) in [4.78, 5) is 29.2. The van der Waals surface area contributed by atoms with Gasteiger partial charge in [0.05, 0.1) is 0 Å². The Morgan fingerprint density at radius 1 is 0.632 bits per heavy atom. The molecular weight excluding hydrogens is 240 g/mol. The van der Waals surface area contributed by atoms with E-state index in [4.69, 9.17) is 0 Å². The molecular formula is C15H24N2O2. The van der Waals surface area contributed by atoms with Gasteiger partial charge in [0.1, 0.15) is 5.41 Å². The van der Waals surface area contributed by atoms with Crippen molar-refractivity contribution >= 4 is 11.8 Å². The van der Waals surface area contributed by atoms with Crippen LogP contribution in [0.2, 0.25) is 0 Å². The number of rotatable bonds is 2. The molecule has 2 heterocycles. The van der Waals surface area contributed by atoms with Crippen LogP contribution in [0.5, 0.6) is 0 Å². The van der Waals surface area contributed by atoms with Crippen LogP contribution in [0.4, 0.5) is 0 Å². The van der Waals surface area contributed by atoms with Crippen molar-refractivity contribution in [3.63, 3.8) is 0 Å². The highest BCUT2D eigenvalue weighted by Crippen LogP contribution is 2.49. The van der Waals surface area contributed by atoms with E-state index in [9.17, 15) is 9.59 Å². The zero-order valence-corrected chi connectivity index (χ0v) is 11.7. The van der Waals surface area contributed by atoms with Crippen molar-refractivity contribution in [2.24, 2.45) is 5.41 Å². The lowest BCUT2D eigenvalue weighted by atomic mass is 9.99. The fourth-order valence-corrected chi connectivity index (χ4v) is 3.44. The van der Waals surface area contributed by atoms with Crippen LogP contribution in [0.1, 0.15) is 51.4 Å². The zero-order chi connectivity index (χ0) is 13.3. The smallest absolute Gasteiger partial charge is 0.238 e. The van der Waals surface area contributed by atoms with Gasteiger partial charge in [0.15, 0.2) is 0 Å². The number of hydrogen-bond donors (Lipinski definition) is 0. The summed E-state index contributed by atoms with van der Waals surface area (Å²) in [6, 6.07) is 0. The first-order valence-electron chi connectivity index (χ1n) is 7.83. The van der Waals surface area contributed by atoms with Crippen LogP contribution >= 0.6 is 0 Å². The van der Waals surface area contributed by atoms with E-state index in [2.05, 4.69) is 0 Å². The van der Waals surface area contributed by atoms with Crippen molar-refractivity contribution < 1.29 is 9.59 Å². The van der Waals surface area contributed by atoms with Gasteiger partial charge in [-0.15, -0.1) is 0 Å². The molecule has 1 aliphatic carbocycles. The summed E-state index contributed by atoms with van der Waals surface area (Å²) in [5.74, 6) is 0.255. The number of amides is 2. The van der Waals surface area contributed by atoms with Gasteiger partial charge in [-0.05, 0) is 51.4 Å². The largest absolute Gasteiger partial charge is 0.342 e. The van der Waals surface area contributed by atoms with Crippen LogP contribution in [-0.4, -0.2) is 47.8 Å². The van der Waals surface area contributed by atoms with E-state index in [1.165, 1.54) is 12.8 Å². The highest BCUT2D eigenvalue weighted by atomic mass is 16.2. The molecule has 0 atom stereocenters. The van der Waals surface area contributed by atoms with Crippen LogP contribution in [0.25, 0.3) is 0 Å². The third-order valence-electron chi connectivity index (χ3n) is 4.86. The molecule has 0 unspecified atom stereocenters. The van der Waals surface area contributed by atoms with E-state index in [0.29, 0.717) is 0 Å². The van der Waals surface area contributed by atoms with Crippen LogP contribution in [0.3, 0.4) is 0 Å². The predicted octanol–water partition coefficient (Wildman–Crippen LogP) is 1.79. The van der Waals surface area contributed by atoms with Crippen molar-refractivity contribution in [3.8, 4) is 0 Å². The second kappa shape index (κ2) is 5.14. The van der Waals surface area contributed by atoms with E-state index in [1.807, 2.05) is 9.80 Å². The van der Waals surface area contributed by atoms with Gasteiger partial charge in [0.25, 0.3) is 0 Å². The minimum atomic E-state index is -0.644.